The fourth-order valence-corrected chi connectivity index (χ4v) is 1.60. The van der Waals surface area contributed by atoms with Crippen LogP contribution < -0.4 is 15.0 Å². The number of anilines is 2. The van der Waals surface area contributed by atoms with Gasteiger partial charge in [-0.05, 0) is 6.42 Å². The first kappa shape index (κ1) is 9.05. The third-order valence-corrected chi connectivity index (χ3v) is 2.32. The van der Waals surface area contributed by atoms with Crippen molar-refractivity contribution < 1.29 is 4.74 Å². The van der Waals surface area contributed by atoms with E-state index in [1.807, 2.05) is 7.05 Å². The highest BCUT2D eigenvalue weighted by Crippen LogP contribution is 2.31. The summed E-state index contributed by atoms with van der Waals surface area (Å²) >= 11 is 0. The van der Waals surface area contributed by atoms with Gasteiger partial charge in [0.2, 0.25) is 5.88 Å². The Morgan fingerprint density at radius 1 is 1.50 bits per heavy atom. The van der Waals surface area contributed by atoms with Gasteiger partial charge in [0.25, 0.3) is 0 Å². The van der Waals surface area contributed by atoms with Crippen molar-refractivity contribution in [3.8, 4) is 5.88 Å². The maximum Gasteiger partial charge on any atom is 0.242 e. The summed E-state index contributed by atoms with van der Waals surface area (Å²) < 4.78 is 5.18. The minimum Gasteiger partial charge on any atom is -0.479 e. The van der Waals surface area contributed by atoms with E-state index < -0.39 is 0 Å². The van der Waals surface area contributed by atoms with Crippen molar-refractivity contribution in [3.05, 3.63) is 6.33 Å². The van der Waals surface area contributed by atoms with Gasteiger partial charge in [-0.1, -0.05) is 0 Å². The van der Waals surface area contributed by atoms with Gasteiger partial charge in [-0.2, -0.15) is 4.98 Å². The molecule has 0 fully saturated rings. The molecule has 0 bridgehead atoms. The molecule has 5 nitrogen and oxygen atoms in total. The molecule has 0 saturated carbocycles. The molecule has 14 heavy (non-hydrogen) atoms. The summed E-state index contributed by atoms with van der Waals surface area (Å²) in [5, 5.41) is 3.28. The Morgan fingerprint density at radius 2 is 2.36 bits per heavy atom. The molecule has 0 aliphatic carbocycles. The second kappa shape index (κ2) is 3.69. The summed E-state index contributed by atoms with van der Waals surface area (Å²) in [6, 6.07) is 0. The van der Waals surface area contributed by atoms with Gasteiger partial charge in [-0.25, -0.2) is 4.98 Å². The van der Waals surface area contributed by atoms with Crippen molar-refractivity contribution in [2.24, 2.45) is 0 Å². The summed E-state index contributed by atoms with van der Waals surface area (Å²) in [7, 11) is 3.65. The van der Waals surface area contributed by atoms with Crippen LogP contribution in [0.1, 0.15) is 6.42 Å². The van der Waals surface area contributed by atoms with Gasteiger partial charge in [0.15, 0.2) is 5.82 Å². The van der Waals surface area contributed by atoms with E-state index in [9.17, 15) is 0 Å². The minimum atomic E-state index is 0.615. The number of fused-ring (bicyclic) bond motifs is 1. The van der Waals surface area contributed by atoms with Crippen molar-refractivity contribution in [2.75, 3.05) is 37.5 Å². The van der Waals surface area contributed by atoms with Gasteiger partial charge < -0.3 is 15.0 Å². The van der Waals surface area contributed by atoms with Crippen molar-refractivity contribution in [3.63, 3.8) is 0 Å². The van der Waals surface area contributed by atoms with E-state index in [0.29, 0.717) is 5.88 Å². The molecule has 0 amide bonds. The van der Waals surface area contributed by atoms with Gasteiger partial charge in [0.1, 0.15) is 12.0 Å². The molecule has 2 heterocycles. The van der Waals surface area contributed by atoms with E-state index in [4.69, 9.17) is 4.74 Å². The van der Waals surface area contributed by atoms with Crippen LogP contribution in [-0.2, 0) is 0 Å². The van der Waals surface area contributed by atoms with Crippen molar-refractivity contribution in [2.45, 2.75) is 6.42 Å². The smallest absolute Gasteiger partial charge is 0.242 e. The first-order valence-electron chi connectivity index (χ1n) is 4.67. The second-order valence-corrected chi connectivity index (χ2v) is 3.28. The number of nitrogens with zero attached hydrogens (tertiary/aromatic N) is 3. The summed E-state index contributed by atoms with van der Waals surface area (Å²) in [5.74, 6) is 1.53. The van der Waals surface area contributed by atoms with Crippen LogP contribution in [0.5, 0.6) is 5.88 Å². The average molecular weight is 194 g/mol. The Balaban J connectivity index is 2.46. The van der Waals surface area contributed by atoms with Gasteiger partial charge in [0, 0.05) is 20.1 Å². The molecular weight excluding hydrogens is 180 g/mol. The second-order valence-electron chi connectivity index (χ2n) is 3.28. The molecule has 0 unspecified atom stereocenters. The lowest BCUT2D eigenvalue weighted by Crippen LogP contribution is -2.18. The lowest BCUT2D eigenvalue weighted by molar-refractivity contribution is 0.399. The number of hydrogen-bond acceptors (Lipinski definition) is 5. The Bertz CT molecular complexity index is 329. The molecule has 5 heteroatoms. The van der Waals surface area contributed by atoms with Gasteiger partial charge in [-0.3, -0.25) is 0 Å². The summed E-state index contributed by atoms with van der Waals surface area (Å²) in [5.41, 5.74) is 0.898. The SMILES string of the molecule is COc1ncnc2c1NCCCN2C. The molecule has 0 aromatic carbocycles. The lowest BCUT2D eigenvalue weighted by atomic mass is 10.4. The molecule has 0 saturated heterocycles. The summed E-state index contributed by atoms with van der Waals surface area (Å²) in [6.45, 7) is 1.93. The molecule has 1 aliphatic rings. The molecular formula is C9H14N4O. The van der Waals surface area contributed by atoms with Gasteiger partial charge >= 0.3 is 0 Å². The highest BCUT2D eigenvalue weighted by molar-refractivity contribution is 5.71. The predicted octanol–water partition coefficient (Wildman–Crippen LogP) is 0.737. The van der Waals surface area contributed by atoms with Crippen LogP contribution in [-0.4, -0.2) is 37.2 Å². The number of ether oxygens (including phenoxy) is 1. The monoisotopic (exact) mass is 194 g/mol. The van der Waals surface area contributed by atoms with Crippen LogP contribution in [0.25, 0.3) is 0 Å². The topological polar surface area (TPSA) is 50.3 Å². The standard InChI is InChI=1S/C9H14N4O/c1-13-5-3-4-10-7-8(13)11-6-12-9(7)14-2/h6,10H,3-5H2,1-2H3. The Morgan fingerprint density at radius 3 is 3.14 bits per heavy atom. The molecule has 1 aromatic rings. The minimum absolute atomic E-state index is 0.615. The Labute approximate surface area is 83.1 Å². The third kappa shape index (κ3) is 1.45. The van der Waals surface area contributed by atoms with Crippen LogP contribution in [0.4, 0.5) is 11.5 Å². The van der Waals surface area contributed by atoms with Crippen molar-refractivity contribution >= 4 is 11.5 Å². The number of aromatic nitrogens is 2. The summed E-state index contributed by atoms with van der Waals surface area (Å²) in [4.78, 5) is 10.4. The Hall–Kier alpha value is -1.52. The zero-order valence-corrected chi connectivity index (χ0v) is 8.45. The highest BCUT2D eigenvalue weighted by Gasteiger charge is 2.17. The molecule has 76 valence electrons. The predicted molar refractivity (Wildman–Crippen MR) is 55.0 cm³/mol. The molecule has 1 aromatic heterocycles. The van der Waals surface area contributed by atoms with Gasteiger partial charge in [0.05, 0.1) is 7.11 Å². The average Bonchev–Trinajstić information content (AvgIpc) is 2.41. The van der Waals surface area contributed by atoms with E-state index in [0.717, 1.165) is 31.0 Å². The number of methoxy groups -OCH3 is 1. The van der Waals surface area contributed by atoms with Gasteiger partial charge in [-0.15, -0.1) is 0 Å². The molecule has 0 spiro atoms. The van der Waals surface area contributed by atoms with Crippen molar-refractivity contribution in [1.82, 2.24) is 9.97 Å². The van der Waals surface area contributed by atoms with Crippen LogP contribution in [0, 0.1) is 0 Å². The Kier molecular flexibility index (Phi) is 2.39. The van der Waals surface area contributed by atoms with E-state index in [2.05, 4.69) is 20.2 Å². The van der Waals surface area contributed by atoms with Crippen LogP contribution >= 0.6 is 0 Å². The molecule has 1 N–H and O–H groups in total. The maximum atomic E-state index is 5.18. The van der Waals surface area contributed by atoms with E-state index in [-0.39, 0.29) is 0 Å². The highest BCUT2D eigenvalue weighted by atomic mass is 16.5. The molecule has 2 rings (SSSR count). The number of rotatable bonds is 1. The van der Waals surface area contributed by atoms with Crippen LogP contribution in [0.15, 0.2) is 6.33 Å². The lowest BCUT2D eigenvalue weighted by Gasteiger charge is -2.17. The van der Waals surface area contributed by atoms with E-state index >= 15 is 0 Å². The normalized spacial score (nSPS) is 15.4. The number of hydrogen-bond donors (Lipinski definition) is 1. The molecule has 0 radical (unpaired) electrons. The first-order valence-corrected chi connectivity index (χ1v) is 4.67. The fraction of sp³-hybridized carbons (Fsp3) is 0.556. The maximum absolute atomic E-state index is 5.18. The van der Waals surface area contributed by atoms with Crippen molar-refractivity contribution in [1.29, 1.82) is 0 Å². The van der Waals surface area contributed by atoms with E-state index in [1.165, 1.54) is 6.33 Å². The van der Waals surface area contributed by atoms with Crippen LogP contribution in [0.2, 0.25) is 0 Å². The van der Waals surface area contributed by atoms with E-state index in [1.54, 1.807) is 7.11 Å². The zero-order valence-electron chi connectivity index (χ0n) is 8.45. The largest absolute Gasteiger partial charge is 0.479 e. The number of nitrogens with one attached hydrogen (secondary N) is 1. The quantitative estimate of drug-likeness (QED) is 0.714. The fourth-order valence-electron chi connectivity index (χ4n) is 1.60. The third-order valence-electron chi connectivity index (χ3n) is 2.32. The molecule has 1 aliphatic heterocycles. The first-order chi connectivity index (χ1) is 6.83. The summed E-state index contributed by atoms with van der Waals surface area (Å²) in [6.07, 6.45) is 2.62. The van der Waals surface area contributed by atoms with Crippen LogP contribution in [0.3, 0.4) is 0 Å². The zero-order chi connectivity index (χ0) is 9.97. The molecule has 0 atom stereocenters.